The zero-order valence-corrected chi connectivity index (χ0v) is 13.6. The molecule has 0 fully saturated rings. The fourth-order valence-corrected chi connectivity index (χ4v) is 2.60. The number of fused-ring (bicyclic) bond motifs is 1. The van der Waals surface area contributed by atoms with Crippen LogP contribution in [0.5, 0.6) is 0 Å². The molecule has 0 bridgehead atoms. The minimum atomic E-state index is -2.71. The van der Waals surface area contributed by atoms with Crippen LogP contribution in [0.25, 0.3) is 10.8 Å². The summed E-state index contributed by atoms with van der Waals surface area (Å²) in [6, 6.07) is 13.1. The number of rotatable bonds is 8. The average molecular weight is 359 g/mol. The van der Waals surface area contributed by atoms with Crippen molar-refractivity contribution in [1.82, 2.24) is 5.32 Å². The summed E-state index contributed by atoms with van der Waals surface area (Å²) in [5.41, 5.74) is -1.97. The molecule has 1 amide bonds. The fourth-order valence-electron chi connectivity index (χ4n) is 2.60. The van der Waals surface area contributed by atoms with Gasteiger partial charge in [0.25, 0.3) is 0 Å². The van der Waals surface area contributed by atoms with Gasteiger partial charge in [0.05, 0.1) is 12.8 Å². The van der Waals surface area contributed by atoms with Crippen molar-refractivity contribution < 1.29 is 34.5 Å². The molecule has 0 aliphatic carbocycles. The molecule has 26 heavy (non-hydrogen) atoms. The monoisotopic (exact) mass is 359 g/mol. The van der Waals surface area contributed by atoms with Crippen LogP contribution in [0, 0.1) is 5.41 Å². The standard InChI is InChI=1S/C18H17NO7/c20-14(8-18(16(23)24,17(25)26)9-15(21)22)19-10-11-5-6-12-3-1-2-4-13(12)7-11/h1-7H,8-10H2,(H,19,20)(H,21,22)(H,23,24)(H,25,26). The molecular weight excluding hydrogens is 342 g/mol. The molecule has 0 unspecified atom stereocenters. The molecule has 0 spiro atoms. The van der Waals surface area contributed by atoms with Gasteiger partial charge in [-0.1, -0.05) is 36.4 Å². The Hall–Kier alpha value is -3.42. The van der Waals surface area contributed by atoms with Crippen LogP contribution in [-0.2, 0) is 25.7 Å². The third-order valence-corrected chi connectivity index (χ3v) is 4.04. The maximum absolute atomic E-state index is 12.1. The van der Waals surface area contributed by atoms with Crippen molar-refractivity contribution in [2.24, 2.45) is 5.41 Å². The van der Waals surface area contributed by atoms with E-state index in [1.165, 1.54) is 0 Å². The van der Waals surface area contributed by atoms with E-state index in [1.807, 2.05) is 36.4 Å². The minimum Gasteiger partial charge on any atom is -0.481 e. The van der Waals surface area contributed by atoms with Crippen molar-refractivity contribution in [3.8, 4) is 0 Å². The summed E-state index contributed by atoms with van der Waals surface area (Å²) >= 11 is 0. The summed E-state index contributed by atoms with van der Waals surface area (Å²) in [5, 5.41) is 31.6. The Labute approximate surface area is 148 Å². The van der Waals surface area contributed by atoms with Crippen LogP contribution in [0.1, 0.15) is 18.4 Å². The Morgan fingerprint density at radius 3 is 2.04 bits per heavy atom. The molecule has 2 rings (SSSR count). The zero-order chi connectivity index (χ0) is 19.3. The van der Waals surface area contributed by atoms with Crippen LogP contribution in [0.3, 0.4) is 0 Å². The summed E-state index contributed by atoms with van der Waals surface area (Å²) in [7, 11) is 0. The fraction of sp³-hybridized carbons (Fsp3) is 0.222. The molecule has 0 atom stereocenters. The van der Waals surface area contributed by atoms with E-state index in [2.05, 4.69) is 5.32 Å². The van der Waals surface area contributed by atoms with Gasteiger partial charge in [0, 0.05) is 6.54 Å². The molecule has 0 heterocycles. The molecule has 136 valence electrons. The molecular formula is C18H17NO7. The molecule has 0 aliphatic rings. The number of amides is 1. The van der Waals surface area contributed by atoms with Crippen molar-refractivity contribution in [3.63, 3.8) is 0 Å². The Balaban J connectivity index is 2.10. The second-order valence-corrected chi connectivity index (χ2v) is 5.90. The molecule has 0 radical (unpaired) electrons. The number of hydrogen-bond donors (Lipinski definition) is 4. The first-order valence-corrected chi connectivity index (χ1v) is 7.67. The van der Waals surface area contributed by atoms with E-state index in [0.717, 1.165) is 16.3 Å². The van der Waals surface area contributed by atoms with Crippen LogP contribution in [-0.4, -0.2) is 39.1 Å². The smallest absolute Gasteiger partial charge is 0.322 e. The Bertz CT molecular complexity index is 861. The zero-order valence-electron chi connectivity index (χ0n) is 13.6. The van der Waals surface area contributed by atoms with Crippen LogP contribution < -0.4 is 5.32 Å². The summed E-state index contributed by atoms with van der Waals surface area (Å²) in [6.45, 7) is 0.0616. The number of carbonyl (C=O) groups excluding carboxylic acids is 1. The molecule has 0 aliphatic heterocycles. The molecule has 0 saturated carbocycles. The average Bonchev–Trinajstić information content (AvgIpc) is 2.58. The van der Waals surface area contributed by atoms with E-state index < -0.39 is 42.1 Å². The van der Waals surface area contributed by atoms with Gasteiger partial charge in [0.1, 0.15) is 0 Å². The van der Waals surface area contributed by atoms with Gasteiger partial charge in [-0.05, 0) is 22.4 Å². The number of benzene rings is 2. The van der Waals surface area contributed by atoms with Crippen molar-refractivity contribution in [2.75, 3.05) is 0 Å². The first-order valence-electron chi connectivity index (χ1n) is 7.67. The number of carbonyl (C=O) groups is 4. The summed E-state index contributed by atoms with van der Waals surface area (Å²) in [5.74, 6) is -6.21. The molecule has 8 heteroatoms. The van der Waals surface area contributed by atoms with Crippen molar-refractivity contribution in [3.05, 3.63) is 48.0 Å². The second-order valence-electron chi connectivity index (χ2n) is 5.90. The Morgan fingerprint density at radius 1 is 0.846 bits per heavy atom. The number of aliphatic carboxylic acids is 3. The largest absolute Gasteiger partial charge is 0.481 e. The number of nitrogens with one attached hydrogen (secondary N) is 1. The maximum atomic E-state index is 12.1. The van der Waals surface area contributed by atoms with Gasteiger partial charge in [0.15, 0.2) is 5.41 Å². The third kappa shape index (κ3) is 4.15. The van der Waals surface area contributed by atoms with Crippen molar-refractivity contribution >= 4 is 34.6 Å². The Kier molecular flexibility index (Phi) is 5.56. The molecule has 8 nitrogen and oxygen atoms in total. The number of carboxylic acids is 3. The lowest BCUT2D eigenvalue weighted by Gasteiger charge is -2.22. The highest BCUT2D eigenvalue weighted by atomic mass is 16.4. The second kappa shape index (κ2) is 7.64. The van der Waals surface area contributed by atoms with Gasteiger partial charge in [-0.2, -0.15) is 0 Å². The number of carboxylic acid groups (broad SMARTS) is 3. The van der Waals surface area contributed by atoms with E-state index >= 15 is 0 Å². The maximum Gasteiger partial charge on any atom is 0.322 e. The van der Waals surface area contributed by atoms with Crippen molar-refractivity contribution in [2.45, 2.75) is 19.4 Å². The van der Waals surface area contributed by atoms with Gasteiger partial charge >= 0.3 is 17.9 Å². The van der Waals surface area contributed by atoms with E-state index in [0.29, 0.717) is 0 Å². The van der Waals surface area contributed by atoms with Crippen LogP contribution >= 0.6 is 0 Å². The highest BCUT2D eigenvalue weighted by Crippen LogP contribution is 2.28. The van der Waals surface area contributed by atoms with Crippen LogP contribution in [0.2, 0.25) is 0 Å². The molecule has 2 aromatic carbocycles. The lowest BCUT2D eigenvalue weighted by atomic mass is 9.81. The van der Waals surface area contributed by atoms with E-state index in [9.17, 15) is 29.4 Å². The molecule has 0 saturated heterocycles. The van der Waals surface area contributed by atoms with E-state index in [-0.39, 0.29) is 6.54 Å². The normalized spacial score (nSPS) is 11.1. The SMILES string of the molecule is O=C(O)CC(CC(=O)NCc1ccc2ccccc2c1)(C(=O)O)C(=O)O. The first-order chi connectivity index (χ1) is 12.2. The summed E-state index contributed by atoms with van der Waals surface area (Å²) in [4.78, 5) is 45.6. The van der Waals surface area contributed by atoms with Gasteiger partial charge in [-0.15, -0.1) is 0 Å². The Morgan fingerprint density at radius 2 is 1.46 bits per heavy atom. The first kappa shape index (κ1) is 18.9. The molecule has 0 aromatic heterocycles. The quantitative estimate of drug-likeness (QED) is 0.523. The molecule has 2 aromatic rings. The van der Waals surface area contributed by atoms with Crippen LogP contribution in [0.15, 0.2) is 42.5 Å². The van der Waals surface area contributed by atoms with Crippen molar-refractivity contribution in [1.29, 1.82) is 0 Å². The third-order valence-electron chi connectivity index (χ3n) is 4.04. The topological polar surface area (TPSA) is 141 Å². The number of hydrogen-bond acceptors (Lipinski definition) is 4. The molecule has 4 N–H and O–H groups in total. The predicted octanol–water partition coefficient (Wildman–Crippen LogP) is 1.48. The van der Waals surface area contributed by atoms with Gasteiger partial charge in [0.2, 0.25) is 5.91 Å². The summed E-state index contributed by atoms with van der Waals surface area (Å²) < 4.78 is 0. The highest BCUT2D eigenvalue weighted by molar-refractivity contribution is 6.04. The highest BCUT2D eigenvalue weighted by Gasteiger charge is 2.50. The lowest BCUT2D eigenvalue weighted by molar-refractivity contribution is -0.171. The van der Waals surface area contributed by atoms with E-state index in [1.54, 1.807) is 6.07 Å². The van der Waals surface area contributed by atoms with Crippen LogP contribution in [0.4, 0.5) is 0 Å². The predicted molar refractivity (Wildman–Crippen MR) is 90.4 cm³/mol. The summed E-state index contributed by atoms with van der Waals surface area (Å²) in [6.07, 6.45) is -2.17. The lowest BCUT2D eigenvalue weighted by Crippen LogP contribution is -2.45. The van der Waals surface area contributed by atoms with Gasteiger partial charge in [-0.3, -0.25) is 19.2 Å². The van der Waals surface area contributed by atoms with E-state index in [4.69, 9.17) is 5.11 Å². The minimum absolute atomic E-state index is 0.0616. The van der Waals surface area contributed by atoms with Gasteiger partial charge < -0.3 is 20.6 Å². The van der Waals surface area contributed by atoms with Gasteiger partial charge in [-0.25, -0.2) is 0 Å².